The summed E-state index contributed by atoms with van der Waals surface area (Å²) in [4.78, 5) is 2.34. The molecule has 2 aliphatic heterocycles. The third kappa shape index (κ3) is 2.52. The number of hydrogen-bond donors (Lipinski definition) is 0. The Morgan fingerprint density at radius 2 is 2.29 bits per heavy atom. The van der Waals surface area contributed by atoms with Crippen molar-refractivity contribution in [1.82, 2.24) is 20.0 Å². The van der Waals surface area contributed by atoms with Gasteiger partial charge in [-0.15, -0.1) is 5.10 Å². The lowest BCUT2D eigenvalue weighted by Crippen LogP contribution is -2.23. The molecule has 21 heavy (non-hydrogen) atoms. The highest BCUT2D eigenvalue weighted by molar-refractivity contribution is 7.98. The largest absolute Gasteiger partial charge is 0.353 e. The molecule has 0 N–H and O–H groups in total. The number of hydrogen-bond acceptors (Lipinski definition) is 5. The zero-order valence-corrected chi connectivity index (χ0v) is 13.0. The van der Waals surface area contributed by atoms with Crippen molar-refractivity contribution in [1.29, 1.82) is 0 Å². The van der Waals surface area contributed by atoms with Gasteiger partial charge >= 0.3 is 0 Å². The van der Waals surface area contributed by atoms with Gasteiger partial charge in [-0.25, -0.2) is 0 Å². The number of fused-ring (bicyclic) bond motifs is 1. The Morgan fingerprint density at radius 3 is 3.14 bits per heavy atom. The second-order valence-corrected chi connectivity index (χ2v) is 6.97. The van der Waals surface area contributed by atoms with Crippen LogP contribution in [0.25, 0.3) is 0 Å². The van der Waals surface area contributed by atoms with E-state index in [1.165, 1.54) is 22.6 Å². The van der Waals surface area contributed by atoms with Crippen molar-refractivity contribution in [2.45, 2.75) is 31.6 Å². The summed E-state index contributed by atoms with van der Waals surface area (Å²) in [5.74, 6) is 3.28. The van der Waals surface area contributed by atoms with Gasteiger partial charge in [0.05, 0.1) is 17.9 Å². The minimum absolute atomic E-state index is 0.450. The van der Waals surface area contributed by atoms with Gasteiger partial charge in [-0.3, -0.25) is 4.68 Å². The molecule has 5 nitrogen and oxygen atoms in total. The highest BCUT2D eigenvalue weighted by Gasteiger charge is 2.26. The fraction of sp³-hybridized carbons (Fsp3) is 0.533. The first-order valence-electron chi connectivity index (χ1n) is 7.48. The Bertz CT molecular complexity index is 653. The summed E-state index contributed by atoms with van der Waals surface area (Å²) in [5, 5.41) is 13.3. The maximum absolute atomic E-state index is 4.45. The second kappa shape index (κ2) is 5.33. The van der Waals surface area contributed by atoms with Crippen molar-refractivity contribution < 1.29 is 0 Å². The van der Waals surface area contributed by atoms with Crippen LogP contribution in [0.15, 0.2) is 18.5 Å². The lowest BCUT2D eigenvalue weighted by atomic mass is 10.2. The van der Waals surface area contributed by atoms with Crippen molar-refractivity contribution in [3.8, 4) is 0 Å². The van der Waals surface area contributed by atoms with E-state index in [0.29, 0.717) is 6.04 Å². The van der Waals surface area contributed by atoms with Crippen molar-refractivity contribution in [3.05, 3.63) is 35.3 Å². The number of rotatable bonds is 2. The number of thioether (sulfide) groups is 1. The summed E-state index contributed by atoms with van der Waals surface area (Å²) < 4.78 is 2.09. The van der Waals surface area contributed by atoms with Gasteiger partial charge in [0.1, 0.15) is 0 Å². The average Bonchev–Trinajstić information content (AvgIpc) is 3.15. The van der Waals surface area contributed by atoms with Crippen LogP contribution in [-0.4, -0.2) is 38.8 Å². The molecule has 0 aromatic carbocycles. The Labute approximate surface area is 128 Å². The Hall–Kier alpha value is -1.56. The van der Waals surface area contributed by atoms with Crippen LogP contribution in [0, 0.1) is 6.92 Å². The van der Waals surface area contributed by atoms with Gasteiger partial charge in [0, 0.05) is 31.5 Å². The zero-order chi connectivity index (χ0) is 14.2. The third-order valence-corrected chi connectivity index (χ3v) is 5.29. The molecule has 0 spiro atoms. The highest BCUT2D eigenvalue weighted by atomic mass is 32.2. The molecule has 1 atom stereocenters. The zero-order valence-electron chi connectivity index (χ0n) is 12.2. The van der Waals surface area contributed by atoms with E-state index in [4.69, 9.17) is 0 Å². The molecule has 6 heteroatoms. The van der Waals surface area contributed by atoms with E-state index < -0.39 is 0 Å². The molecule has 2 aliphatic rings. The van der Waals surface area contributed by atoms with E-state index in [9.17, 15) is 0 Å². The molecule has 0 saturated carbocycles. The van der Waals surface area contributed by atoms with Gasteiger partial charge < -0.3 is 4.90 Å². The molecular weight excluding hydrogens is 282 g/mol. The molecule has 4 heterocycles. The van der Waals surface area contributed by atoms with Crippen molar-refractivity contribution in [2.24, 2.45) is 0 Å². The van der Waals surface area contributed by atoms with Gasteiger partial charge in [0.2, 0.25) is 0 Å². The minimum Gasteiger partial charge on any atom is -0.353 e. The first kappa shape index (κ1) is 13.1. The molecular formula is C15H19N5S. The second-order valence-electron chi connectivity index (χ2n) is 5.86. The van der Waals surface area contributed by atoms with Crippen LogP contribution in [0.1, 0.15) is 29.3 Å². The Morgan fingerprint density at radius 1 is 1.33 bits per heavy atom. The maximum Gasteiger partial charge on any atom is 0.151 e. The Balaban J connectivity index is 1.52. The lowest BCUT2D eigenvalue weighted by molar-refractivity contribution is 0.494. The molecule has 110 valence electrons. The fourth-order valence-corrected chi connectivity index (χ4v) is 4.04. The van der Waals surface area contributed by atoms with Crippen molar-refractivity contribution >= 4 is 17.6 Å². The average molecular weight is 301 g/mol. The van der Waals surface area contributed by atoms with Crippen LogP contribution in [0.5, 0.6) is 0 Å². The van der Waals surface area contributed by atoms with Crippen LogP contribution >= 0.6 is 11.8 Å². The number of nitrogens with zero attached hydrogens (tertiary/aromatic N) is 5. The van der Waals surface area contributed by atoms with Crippen LogP contribution < -0.4 is 4.90 Å². The third-order valence-electron chi connectivity index (χ3n) is 4.28. The van der Waals surface area contributed by atoms with E-state index in [-0.39, 0.29) is 0 Å². The molecule has 1 fully saturated rings. The van der Waals surface area contributed by atoms with Crippen LogP contribution in [0.2, 0.25) is 0 Å². The molecule has 0 aliphatic carbocycles. The summed E-state index contributed by atoms with van der Waals surface area (Å²) >= 11 is 1.99. The maximum atomic E-state index is 4.45. The molecule has 0 bridgehead atoms. The predicted octanol–water partition coefficient (Wildman–Crippen LogP) is 2.22. The number of anilines is 1. The van der Waals surface area contributed by atoms with Gasteiger partial charge in [-0.1, -0.05) is 0 Å². The predicted molar refractivity (Wildman–Crippen MR) is 84.7 cm³/mol. The SMILES string of the molecule is Cc1cnn(C2CCN(c3cc4c(nn3)CCSC4)C2)c1. The van der Waals surface area contributed by atoms with E-state index in [1.807, 2.05) is 18.0 Å². The fourth-order valence-electron chi connectivity index (χ4n) is 3.08. The molecule has 0 radical (unpaired) electrons. The normalized spacial score (nSPS) is 21.6. The molecule has 1 unspecified atom stereocenters. The molecule has 0 amide bonds. The first-order valence-corrected chi connectivity index (χ1v) is 8.64. The van der Waals surface area contributed by atoms with E-state index in [2.05, 4.69) is 44.1 Å². The molecule has 2 aromatic rings. The Kier molecular flexibility index (Phi) is 3.33. The topological polar surface area (TPSA) is 46.8 Å². The van der Waals surface area contributed by atoms with Gasteiger partial charge in [0.15, 0.2) is 5.82 Å². The smallest absolute Gasteiger partial charge is 0.151 e. The molecule has 2 aromatic heterocycles. The minimum atomic E-state index is 0.450. The van der Waals surface area contributed by atoms with E-state index in [0.717, 1.165) is 37.5 Å². The molecule has 1 saturated heterocycles. The quantitative estimate of drug-likeness (QED) is 0.851. The number of aryl methyl sites for hydroxylation is 2. The van der Waals surface area contributed by atoms with Crippen LogP contribution in [0.4, 0.5) is 5.82 Å². The summed E-state index contributed by atoms with van der Waals surface area (Å²) in [5.41, 5.74) is 3.78. The lowest BCUT2D eigenvalue weighted by Gasteiger charge is -2.20. The van der Waals surface area contributed by atoms with Crippen molar-refractivity contribution in [3.63, 3.8) is 0 Å². The van der Waals surface area contributed by atoms with E-state index in [1.54, 1.807) is 0 Å². The summed E-state index contributed by atoms with van der Waals surface area (Å²) in [6.45, 7) is 4.09. The monoisotopic (exact) mass is 301 g/mol. The van der Waals surface area contributed by atoms with Gasteiger partial charge in [-0.2, -0.15) is 22.0 Å². The first-order chi connectivity index (χ1) is 10.3. The van der Waals surface area contributed by atoms with Gasteiger partial charge in [-0.05, 0) is 36.3 Å². The summed E-state index contributed by atoms with van der Waals surface area (Å²) in [6.07, 6.45) is 6.24. The van der Waals surface area contributed by atoms with Crippen LogP contribution in [-0.2, 0) is 12.2 Å². The number of aromatic nitrogens is 4. The van der Waals surface area contributed by atoms with Gasteiger partial charge in [0.25, 0.3) is 0 Å². The highest BCUT2D eigenvalue weighted by Crippen LogP contribution is 2.29. The summed E-state index contributed by atoms with van der Waals surface area (Å²) in [6, 6.07) is 2.69. The molecule has 4 rings (SSSR count). The summed E-state index contributed by atoms with van der Waals surface area (Å²) in [7, 11) is 0. The van der Waals surface area contributed by atoms with E-state index >= 15 is 0 Å². The standard InChI is InChI=1S/C15H19N5S/c1-11-7-16-20(8-11)13-2-4-19(9-13)15-6-12-10-21-5-3-14(12)17-18-15/h6-8,13H,2-5,9-10H2,1H3. The van der Waals surface area contributed by atoms with Crippen LogP contribution in [0.3, 0.4) is 0 Å². The van der Waals surface area contributed by atoms with Crippen molar-refractivity contribution in [2.75, 3.05) is 23.7 Å².